The summed E-state index contributed by atoms with van der Waals surface area (Å²) in [6, 6.07) is 19.7. The highest BCUT2D eigenvalue weighted by atomic mass is 35.5. The van der Waals surface area contributed by atoms with Crippen LogP contribution >= 0.6 is 23.2 Å². The van der Waals surface area contributed by atoms with E-state index in [4.69, 9.17) is 37.9 Å². The van der Waals surface area contributed by atoms with E-state index in [0.29, 0.717) is 59.9 Å². The van der Waals surface area contributed by atoms with Gasteiger partial charge in [0.1, 0.15) is 0 Å². The van der Waals surface area contributed by atoms with Gasteiger partial charge in [0.05, 0.1) is 40.2 Å². The SMILES string of the molecule is COc1nc(-c2cccc(-c3cccc(-c4cc5ncc(CNCC(C)O)cc5cn4)c3Cl)c2Cl)ccc1CNC[C@H]1CCC(=O)N1. The molecule has 0 bridgehead atoms. The second kappa shape index (κ2) is 14.8. The molecule has 242 valence electrons. The minimum absolute atomic E-state index is 0.101. The number of carbonyl (C=O) groups is 1. The summed E-state index contributed by atoms with van der Waals surface area (Å²) in [6.45, 7) is 4.10. The number of methoxy groups -OCH3 is 1. The second-order valence-electron chi connectivity index (χ2n) is 11.7. The highest BCUT2D eigenvalue weighted by molar-refractivity contribution is 6.39. The van der Waals surface area contributed by atoms with Gasteiger partial charge in [-0.25, -0.2) is 4.98 Å². The summed E-state index contributed by atoms with van der Waals surface area (Å²) in [7, 11) is 1.60. The van der Waals surface area contributed by atoms with Crippen molar-refractivity contribution >= 4 is 40.0 Å². The second-order valence-corrected chi connectivity index (χ2v) is 12.5. The van der Waals surface area contributed by atoms with E-state index >= 15 is 0 Å². The van der Waals surface area contributed by atoms with E-state index < -0.39 is 6.10 Å². The molecule has 2 atom stereocenters. The van der Waals surface area contributed by atoms with E-state index in [1.807, 2.05) is 66.9 Å². The number of amides is 1. The summed E-state index contributed by atoms with van der Waals surface area (Å²) in [5.41, 5.74) is 7.17. The number of nitrogens with one attached hydrogen (secondary N) is 3. The molecule has 4 N–H and O–H groups in total. The lowest BCUT2D eigenvalue weighted by molar-refractivity contribution is -0.119. The Morgan fingerprint density at radius 2 is 1.66 bits per heavy atom. The number of hydrogen-bond acceptors (Lipinski definition) is 8. The Bertz CT molecular complexity index is 1920. The van der Waals surface area contributed by atoms with E-state index in [2.05, 4.69) is 20.9 Å². The van der Waals surface area contributed by atoms with Crippen LogP contribution in [-0.2, 0) is 17.9 Å². The van der Waals surface area contributed by atoms with Crippen molar-refractivity contribution in [3.05, 3.63) is 94.2 Å². The first-order valence-electron chi connectivity index (χ1n) is 15.6. The van der Waals surface area contributed by atoms with Crippen LogP contribution in [0, 0.1) is 0 Å². The maximum Gasteiger partial charge on any atom is 0.220 e. The van der Waals surface area contributed by atoms with Crippen LogP contribution in [0.25, 0.3) is 44.5 Å². The van der Waals surface area contributed by atoms with Crippen LogP contribution in [0.15, 0.2) is 73.1 Å². The lowest BCUT2D eigenvalue weighted by atomic mass is 9.98. The number of aromatic nitrogens is 3. The van der Waals surface area contributed by atoms with Gasteiger partial charge >= 0.3 is 0 Å². The Hall–Kier alpha value is -4.12. The summed E-state index contributed by atoms with van der Waals surface area (Å²) >= 11 is 14.1. The average molecular weight is 672 g/mol. The topological polar surface area (TPSA) is 121 Å². The summed E-state index contributed by atoms with van der Waals surface area (Å²) in [5, 5.41) is 21.0. The van der Waals surface area contributed by atoms with Gasteiger partial charge in [0.15, 0.2) is 0 Å². The summed E-state index contributed by atoms with van der Waals surface area (Å²) < 4.78 is 5.64. The first kappa shape index (κ1) is 32.8. The Balaban J connectivity index is 1.24. The Kier molecular flexibility index (Phi) is 10.3. The summed E-state index contributed by atoms with van der Waals surface area (Å²) in [4.78, 5) is 25.6. The molecular weight excluding hydrogens is 635 g/mol. The molecule has 0 spiro atoms. The zero-order valence-corrected chi connectivity index (χ0v) is 27.7. The van der Waals surface area contributed by atoms with Crippen molar-refractivity contribution in [3.63, 3.8) is 0 Å². The molecule has 1 saturated heterocycles. The van der Waals surface area contributed by atoms with E-state index in [1.54, 1.807) is 20.2 Å². The third kappa shape index (κ3) is 7.56. The molecular formula is C36H36Cl2N6O3. The van der Waals surface area contributed by atoms with Gasteiger partial charge < -0.3 is 25.8 Å². The van der Waals surface area contributed by atoms with Gasteiger partial charge in [-0.05, 0) is 37.1 Å². The fraction of sp³-hybridized carbons (Fsp3) is 0.278. The minimum Gasteiger partial charge on any atom is -0.481 e. The van der Waals surface area contributed by atoms with Crippen molar-refractivity contribution in [3.8, 4) is 39.5 Å². The van der Waals surface area contributed by atoms with Gasteiger partial charge in [-0.1, -0.05) is 65.7 Å². The third-order valence-electron chi connectivity index (χ3n) is 8.15. The molecule has 2 aromatic carbocycles. The standard InChI is InChI=1S/C36H36Cl2N6O3/c1-21(45)15-39-16-22-13-24-19-42-32(14-31(24)41-17-22)29-8-4-6-27(35(29)38)26-5-3-7-28(34(26)37)30-11-9-23(36(44-30)47-2)18-40-20-25-10-12-33(46)43-25/h3-9,11,13-14,17,19,21,25,39-40,45H,10,12,15-16,18,20H2,1-2H3,(H,43,46)/t21?,25-/m1/s1. The number of ether oxygens (including phenoxy) is 1. The Morgan fingerprint density at radius 3 is 2.34 bits per heavy atom. The van der Waals surface area contributed by atoms with Crippen LogP contribution in [0.5, 0.6) is 5.88 Å². The number of halogens is 2. The third-order valence-corrected chi connectivity index (χ3v) is 8.97. The number of aliphatic hydroxyl groups excluding tert-OH is 1. The van der Waals surface area contributed by atoms with E-state index in [-0.39, 0.29) is 11.9 Å². The molecule has 1 amide bonds. The highest BCUT2D eigenvalue weighted by Crippen LogP contribution is 2.42. The molecule has 6 rings (SSSR count). The molecule has 5 aromatic rings. The zero-order chi connectivity index (χ0) is 32.9. The fourth-order valence-corrected chi connectivity index (χ4v) is 6.40. The summed E-state index contributed by atoms with van der Waals surface area (Å²) in [6.07, 6.45) is 4.63. The molecule has 1 aliphatic rings. The molecule has 4 heterocycles. The van der Waals surface area contributed by atoms with Crippen molar-refractivity contribution in [2.45, 2.75) is 45.0 Å². The maximum atomic E-state index is 11.5. The van der Waals surface area contributed by atoms with Crippen molar-refractivity contribution < 1.29 is 14.6 Å². The first-order valence-corrected chi connectivity index (χ1v) is 16.3. The predicted molar refractivity (Wildman–Crippen MR) is 186 cm³/mol. The molecule has 0 aliphatic carbocycles. The first-order chi connectivity index (χ1) is 22.8. The molecule has 0 radical (unpaired) electrons. The molecule has 9 nitrogen and oxygen atoms in total. The van der Waals surface area contributed by atoms with Gasteiger partial charge in [0.25, 0.3) is 0 Å². The molecule has 0 saturated carbocycles. The number of hydrogen-bond donors (Lipinski definition) is 4. The lowest BCUT2D eigenvalue weighted by Crippen LogP contribution is -2.35. The van der Waals surface area contributed by atoms with Crippen LogP contribution in [0.4, 0.5) is 0 Å². The lowest BCUT2D eigenvalue weighted by Gasteiger charge is -2.15. The van der Waals surface area contributed by atoms with E-state index in [0.717, 1.165) is 50.7 Å². The van der Waals surface area contributed by atoms with Crippen LogP contribution < -0.4 is 20.7 Å². The van der Waals surface area contributed by atoms with Crippen molar-refractivity contribution in [1.29, 1.82) is 0 Å². The Labute approximate surface area is 283 Å². The normalized spacial score (nSPS) is 15.2. The van der Waals surface area contributed by atoms with Crippen molar-refractivity contribution in [1.82, 2.24) is 30.9 Å². The van der Waals surface area contributed by atoms with Crippen molar-refractivity contribution in [2.24, 2.45) is 0 Å². The molecule has 1 unspecified atom stereocenters. The van der Waals surface area contributed by atoms with Gasteiger partial charge in [-0.3, -0.25) is 14.8 Å². The van der Waals surface area contributed by atoms with E-state index in [9.17, 15) is 9.90 Å². The van der Waals surface area contributed by atoms with Crippen LogP contribution in [0.1, 0.15) is 30.9 Å². The van der Waals surface area contributed by atoms with Gasteiger partial charge in [0, 0.05) is 84.2 Å². The number of nitrogens with zero attached hydrogens (tertiary/aromatic N) is 3. The molecule has 1 fully saturated rings. The molecule has 1 aliphatic heterocycles. The van der Waals surface area contributed by atoms with Gasteiger partial charge in [-0.15, -0.1) is 0 Å². The van der Waals surface area contributed by atoms with Crippen LogP contribution in [0.3, 0.4) is 0 Å². The smallest absolute Gasteiger partial charge is 0.220 e. The molecule has 3 aromatic heterocycles. The van der Waals surface area contributed by atoms with E-state index in [1.165, 1.54) is 0 Å². The number of carbonyl (C=O) groups excluding carboxylic acids is 1. The number of rotatable bonds is 12. The quantitative estimate of drug-likeness (QED) is 0.124. The van der Waals surface area contributed by atoms with Gasteiger partial charge in [-0.2, -0.15) is 0 Å². The Morgan fingerprint density at radius 1 is 0.936 bits per heavy atom. The van der Waals surface area contributed by atoms with Crippen LogP contribution in [-0.4, -0.2) is 58.3 Å². The van der Waals surface area contributed by atoms with Crippen LogP contribution in [0.2, 0.25) is 10.0 Å². The highest BCUT2D eigenvalue weighted by Gasteiger charge is 2.21. The number of pyridine rings is 3. The zero-order valence-electron chi connectivity index (χ0n) is 26.2. The average Bonchev–Trinajstić information content (AvgIpc) is 3.49. The number of benzene rings is 2. The monoisotopic (exact) mass is 670 g/mol. The van der Waals surface area contributed by atoms with Gasteiger partial charge in [0.2, 0.25) is 11.8 Å². The molecule has 47 heavy (non-hydrogen) atoms. The predicted octanol–water partition coefficient (Wildman–Crippen LogP) is 6.18. The maximum absolute atomic E-state index is 11.5. The largest absolute Gasteiger partial charge is 0.481 e. The fourth-order valence-electron chi connectivity index (χ4n) is 5.75. The van der Waals surface area contributed by atoms with Crippen molar-refractivity contribution in [2.75, 3.05) is 20.2 Å². The summed E-state index contributed by atoms with van der Waals surface area (Å²) in [5.74, 6) is 0.606. The number of aliphatic hydroxyl groups is 1. The number of fused-ring (bicyclic) bond motifs is 1. The minimum atomic E-state index is -0.412. The molecule has 11 heteroatoms.